The summed E-state index contributed by atoms with van der Waals surface area (Å²) in [6.07, 6.45) is 4.39. The van der Waals surface area contributed by atoms with Crippen molar-refractivity contribution in [2.75, 3.05) is 19.6 Å². The zero-order valence-corrected chi connectivity index (χ0v) is 15.7. The maximum Gasteiger partial charge on any atom is 0.407 e. The van der Waals surface area contributed by atoms with Gasteiger partial charge in [0.1, 0.15) is 5.60 Å². The number of benzene rings is 1. The summed E-state index contributed by atoms with van der Waals surface area (Å²) in [5, 5.41) is 3.31. The number of nitrogens with one attached hydrogen (secondary N) is 1. The number of carbonyl (C=O) groups is 2. The van der Waals surface area contributed by atoms with Gasteiger partial charge in [-0.1, -0.05) is 12.1 Å². The summed E-state index contributed by atoms with van der Waals surface area (Å²) >= 11 is 0. The maximum absolute atomic E-state index is 12.6. The summed E-state index contributed by atoms with van der Waals surface area (Å²) in [4.78, 5) is 42.6. The number of rotatable bonds is 4. The van der Waals surface area contributed by atoms with Crippen molar-refractivity contribution in [1.29, 1.82) is 0 Å². The van der Waals surface area contributed by atoms with Gasteiger partial charge in [-0.05, 0) is 31.4 Å². The van der Waals surface area contributed by atoms with Crippen LogP contribution in [-0.4, -0.2) is 51.7 Å². The van der Waals surface area contributed by atoms with Crippen molar-refractivity contribution < 1.29 is 14.3 Å². The Morgan fingerprint density at radius 1 is 1.21 bits per heavy atom. The lowest BCUT2D eigenvalue weighted by Gasteiger charge is -2.25. The molecule has 4 rings (SSSR count). The number of alkyl carbamates (subject to hydrolysis) is 1. The fourth-order valence-electron chi connectivity index (χ4n) is 4.02. The zero-order valence-electron chi connectivity index (χ0n) is 15.7. The van der Waals surface area contributed by atoms with Crippen LogP contribution in [0.1, 0.15) is 32.1 Å². The molecule has 3 heterocycles. The Morgan fingerprint density at radius 2 is 2.07 bits per heavy atom. The molecule has 8 nitrogen and oxygen atoms in total. The molecule has 2 aromatic rings. The SMILES string of the molecule is O=C1NC[C@@]2(CCCN(C(=O)CCCn3cnc4ccccc4c3=O)CC2)O1. The van der Waals surface area contributed by atoms with Gasteiger partial charge in [0.05, 0.1) is 23.8 Å². The van der Waals surface area contributed by atoms with Crippen molar-refractivity contribution in [3.8, 4) is 0 Å². The summed E-state index contributed by atoms with van der Waals surface area (Å²) in [7, 11) is 0. The molecule has 2 saturated heterocycles. The van der Waals surface area contributed by atoms with Crippen molar-refractivity contribution >= 4 is 22.9 Å². The van der Waals surface area contributed by atoms with E-state index in [1.54, 1.807) is 17.0 Å². The highest BCUT2D eigenvalue weighted by Crippen LogP contribution is 2.29. The van der Waals surface area contributed by atoms with Gasteiger partial charge in [-0.25, -0.2) is 9.78 Å². The van der Waals surface area contributed by atoms with Crippen LogP contribution in [-0.2, 0) is 16.1 Å². The molecule has 0 saturated carbocycles. The average Bonchev–Trinajstić information content (AvgIpc) is 2.93. The van der Waals surface area contributed by atoms with Crippen LogP contribution in [0, 0.1) is 0 Å². The van der Waals surface area contributed by atoms with Crippen molar-refractivity contribution in [2.45, 2.75) is 44.2 Å². The molecule has 0 aliphatic carbocycles. The van der Waals surface area contributed by atoms with Gasteiger partial charge in [-0.15, -0.1) is 0 Å². The number of likely N-dealkylation sites (tertiary alicyclic amines) is 1. The van der Waals surface area contributed by atoms with Gasteiger partial charge >= 0.3 is 6.09 Å². The van der Waals surface area contributed by atoms with E-state index in [2.05, 4.69) is 10.3 Å². The van der Waals surface area contributed by atoms with E-state index < -0.39 is 5.60 Å². The van der Waals surface area contributed by atoms with Crippen LogP contribution in [0.15, 0.2) is 35.4 Å². The molecule has 2 aliphatic rings. The number of nitrogens with zero attached hydrogens (tertiary/aromatic N) is 3. The standard InChI is InChI=1S/C20H24N4O4/c25-17(23-11-4-8-20(9-12-23)13-21-19(27)28-20)7-3-10-24-14-22-16-6-2-1-5-15(16)18(24)26/h1-2,5-6,14H,3-4,7-13H2,(H,21,27)/t20-/m0/s1. The van der Waals surface area contributed by atoms with E-state index in [1.165, 1.54) is 0 Å². The van der Waals surface area contributed by atoms with Crippen molar-refractivity contribution in [3.05, 3.63) is 40.9 Å². The molecule has 148 valence electrons. The second-order valence-electron chi connectivity index (χ2n) is 7.52. The van der Waals surface area contributed by atoms with Crippen LogP contribution >= 0.6 is 0 Å². The molecule has 8 heteroatoms. The summed E-state index contributed by atoms with van der Waals surface area (Å²) < 4.78 is 7.02. The van der Waals surface area contributed by atoms with Crippen LogP contribution in [0.3, 0.4) is 0 Å². The van der Waals surface area contributed by atoms with Crippen LogP contribution in [0.5, 0.6) is 0 Å². The van der Waals surface area contributed by atoms with Crippen molar-refractivity contribution in [1.82, 2.24) is 19.8 Å². The molecule has 1 atom stereocenters. The fraction of sp³-hybridized carbons (Fsp3) is 0.500. The molecule has 2 aliphatic heterocycles. The first-order valence-corrected chi connectivity index (χ1v) is 9.75. The van der Waals surface area contributed by atoms with Gasteiger partial charge < -0.3 is 15.0 Å². The Hall–Kier alpha value is -2.90. The number of amides is 2. The molecule has 1 N–H and O–H groups in total. The predicted molar refractivity (Wildman–Crippen MR) is 103 cm³/mol. The quantitative estimate of drug-likeness (QED) is 0.865. The lowest BCUT2D eigenvalue weighted by molar-refractivity contribution is -0.131. The van der Waals surface area contributed by atoms with Crippen molar-refractivity contribution in [2.24, 2.45) is 0 Å². The van der Waals surface area contributed by atoms with E-state index in [9.17, 15) is 14.4 Å². The largest absolute Gasteiger partial charge is 0.441 e. The highest BCUT2D eigenvalue weighted by molar-refractivity contribution is 5.77. The molecule has 0 unspecified atom stereocenters. The highest BCUT2D eigenvalue weighted by Gasteiger charge is 2.41. The fourth-order valence-corrected chi connectivity index (χ4v) is 4.02. The second-order valence-corrected chi connectivity index (χ2v) is 7.52. The highest BCUT2D eigenvalue weighted by atomic mass is 16.6. The van der Waals surface area contributed by atoms with Gasteiger partial charge in [-0.2, -0.15) is 0 Å². The molecule has 2 fully saturated rings. The van der Waals surface area contributed by atoms with E-state index in [0.29, 0.717) is 56.3 Å². The first kappa shape index (κ1) is 18.5. The van der Waals surface area contributed by atoms with Crippen LogP contribution in [0.2, 0.25) is 0 Å². The maximum atomic E-state index is 12.6. The van der Waals surface area contributed by atoms with Gasteiger partial charge in [-0.3, -0.25) is 14.2 Å². The minimum Gasteiger partial charge on any atom is -0.441 e. The second kappa shape index (κ2) is 7.61. The molecular formula is C20H24N4O4. The lowest BCUT2D eigenvalue weighted by Crippen LogP contribution is -2.36. The molecule has 1 aromatic heterocycles. The molecule has 0 bridgehead atoms. The minimum atomic E-state index is -0.462. The number of para-hydroxylation sites is 1. The normalized spacial score (nSPS) is 22.1. The lowest BCUT2D eigenvalue weighted by atomic mass is 9.95. The Morgan fingerprint density at radius 3 is 2.89 bits per heavy atom. The van der Waals surface area contributed by atoms with Gasteiger partial charge in [0.25, 0.3) is 5.56 Å². The number of fused-ring (bicyclic) bond motifs is 1. The van der Waals surface area contributed by atoms with Crippen molar-refractivity contribution in [3.63, 3.8) is 0 Å². The van der Waals surface area contributed by atoms with Gasteiger partial charge in [0.2, 0.25) is 5.91 Å². The molecular weight excluding hydrogens is 360 g/mol. The Kier molecular flexibility index (Phi) is 5.02. The number of hydrogen-bond donors (Lipinski definition) is 1. The summed E-state index contributed by atoms with van der Waals surface area (Å²) in [6.45, 7) is 2.24. The predicted octanol–water partition coefficient (Wildman–Crippen LogP) is 1.67. The van der Waals surface area contributed by atoms with E-state index in [0.717, 1.165) is 12.8 Å². The molecule has 0 radical (unpaired) electrons. The Bertz CT molecular complexity index is 957. The van der Waals surface area contributed by atoms with Crippen LogP contribution in [0.25, 0.3) is 10.9 Å². The molecule has 2 amide bonds. The van der Waals surface area contributed by atoms with E-state index >= 15 is 0 Å². The minimum absolute atomic E-state index is 0.0784. The van der Waals surface area contributed by atoms with Crippen LogP contribution < -0.4 is 10.9 Å². The van der Waals surface area contributed by atoms with Gasteiger partial charge in [0, 0.05) is 32.5 Å². The smallest absolute Gasteiger partial charge is 0.407 e. The molecule has 1 aromatic carbocycles. The van der Waals surface area contributed by atoms with Crippen LogP contribution in [0.4, 0.5) is 4.79 Å². The monoisotopic (exact) mass is 384 g/mol. The third-order valence-electron chi connectivity index (χ3n) is 5.64. The van der Waals surface area contributed by atoms with Gasteiger partial charge in [0.15, 0.2) is 0 Å². The molecule has 28 heavy (non-hydrogen) atoms. The first-order chi connectivity index (χ1) is 13.6. The first-order valence-electron chi connectivity index (χ1n) is 9.75. The summed E-state index contributed by atoms with van der Waals surface area (Å²) in [5.74, 6) is 0.0797. The third-order valence-corrected chi connectivity index (χ3v) is 5.64. The van der Waals surface area contributed by atoms with E-state index in [1.807, 2.05) is 23.1 Å². The number of carbonyl (C=O) groups excluding carboxylic acids is 2. The zero-order chi connectivity index (χ0) is 19.6. The third kappa shape index (κ3) is 3.72. The number of aromatic nitrogens is 2. The topological polar surface area (TPSA) is 93.5 Å². The number of hydrogen-bond acceptors (Lipinski definition) is 5. The Balaban J connectivity index is 1.32. The average molecular weight is 384 g/mol. The van der Waals surface area contributed by atoms with E-state index in [-0.39, 0.29) is 17.6 Å². The summed E-state index contributed by atoms with van der Waals surface area (Å²) in [6, 6.07) is 7.26. The molecule has 1 spiro atoms. The summed E-state index contributed by atoms with van der Waals surface area (Å²) in [5.41, 5.74) is 0.140. The number of ether oxygens (including phenoxy) is 1. The Labute approximate surface area is 162 Å². The van der Waals surface area contributed by atoms with E-state index in [4.69, 9.17) is 4.74 Å². The number of aryl methyl sites for hydroxylation is 1.